The first-order valence-electron chi connectivity index (χ1n) is 8.53. The number of cyclic esters (lactones) is 1. The summed E-state index contributed by atoms with van der Waals surface area (Å²) >= 11 is 0. The predicted octanol–water partition coefficient (Wildman–Crippen LogP) is 1.19. The quantitative estimate of drug-likeness (QED) is 0.407. The highest BCUT2D eigenvalue weighted by molar-refractivity contribution is 5.89. The van der Waals surface area contributed by atoms with Gasteiger partial charge in [-0.3, -0.25) is 4.90 Å². The maximum absolute atomic E-state index is 12.5. The lowest BCUT2D eigenvalue weighted by molar-refractivity contribution is -0.169. The maximum atomic E-state index is 12.5. The van der Waals surface area contributed by atoms with E-state index < -0.39 is 17.5 Å². The number of hydrogen-bond donors (Lipinski definition) is 1. The molecule has 24 heavy (non-hydrogen) atoms. The topological polar surface area (TPSA) is 76.1 Å². The van der Waals surface area contributed by atoms with Gasteiger partial charge in [0.1, 0.15) is 12.7 Å². The van der Waals surface area contributed by atoms with E-state index >= 15 is 0 Å². The van der Waals surface area contributed by atoms with E-state index in [1.165, 1.54) is 6.92 Å². The fourth-order valence-electron chi connectivity index (χ4n) is 3.68. The first kappa shape index (κ1) is 17.2. The van der Waals surface area contributed by atoms with E-state index in [1.54, 1.807) is 19.9 Å². The van der Waals surface area contributed by atoms with Gasteiger partial charge in [-0.2, -0.15) is 0 Å². The number of carbonyl (C=O) groups is 2. The maximum Gasteiger partial charge on any atom is 0.338 e. The smallest absolute Gasteiger partial charge is 0.338 e. The molecule has 3 aliphatic rings. The number of nitrogens with zero attached hydrogens (tertiary/aromatic N) is 1. The molecule has 3 heterocycles. The largest absolute Gasteiger partial charge is 0.459 e. The Morgan fingerprint density at radius 3 is 2.88 bits per heavy atom. The molecule has 4 atom stereocenters. The van der Waals surface area contributed by atoms with Crippen LogP contribution in [0.1, 0.15) is 33.6 Å². The summed E-state index contributed by atoms with van der Waals surface area (Å²) in [5.74, 6) is -1.46. The summed E-state index contributed by atoms with van der Waals surface area (Å²) in [6.45, 7) is 6.71. The summed E-state index contributed by atoms with van der Waals surface area (Å²) in [4.78, 5) is 27.1. The Kier molecular flexibility index (Phi) is 4.53. The van der Waals surface area contributed by atoms with Crippen molar-refractivity contribution in [2.24, 2.45) is 5.92 Å². The van der Waals surface area contributed by atoms with E-state index in [0.29, 0.717) is 5.57 Å². The van der Waals surface area contributed by atoms with Crippen LogP contribution in [0.2, 0.25) is 0 Å². The molecule has 1 N–H and O–H groups in total. The van der Waals surface area contributed by atoms with Crippen molar-refractivity contribution in [3.63, 3.8) is 0 Å². The van der Waals surface area contributed by atoms with Crippen LogP contribution in [0.25, 0.3) is 0 Å². The molecule has 0 radical (unpaired) electrons. The Hall–Kier alpha value is -1.66. The third-order valence-corrected chi connectivity index (χ3v) is 5.55. The van der Waals surface area contributed by atoms with Crippen LogP contribution in [0.15, 0.2) is 23.3 Å². The summed E-state index contributed by atoms with van der Waals surface area (Å²) in [6, 6.07) is -0.0262. The standard InChI is InChI=1S/C18H25NO5/c1-4-12-9-11(2)18(3,22)17(21)23-10-13-5-7-19-8-6-14(15(13)19)24-16(12)20/h4-5,11,14-15,22H,6-10H2,1-3H3/b12-4-/t11?,14-,15-,18-/m0/s1. The molecule has 0 aromatic heterocycles. The van der Waals surface area contributed by atoms with Gasteiger partial charge in [-0.05, 0) is 38.2 Å². The molecule has 3 rings (SSSR count). The molecule has 0 amide bonds. The minimum atomic E-state index is -1.65. The monoisotopic (exact) mass is 335 g/mol. The summed E-state index contributed by atoms with van der Waals surface area (Å²) in [5.41, 5.74) is -0.218. The van der Waals surface area contributed by atoms with Gasteiger partial charge in [0.25, 0.3) is 0 Å². The lowest BCUT2D eigenvalue weighted by Gasteiger charge is -2.31. The second-order valence-electron chi connectivity index (χ2n) is 7.09. The lowest BCUT2D eigenvalue weighted by atomic mass is 9.85. The van der Waals surface area contributed by atoms with E-state index in [0.717, 1.165) is 25.1 Å². The minimum absolute atomic E-state index is 0.0262. The van der Waals surface area contributed by atoms with Crippen LogP contribution in [0.4, 0.5) is 0 Å². The molecule has 2 saturated heterocycles. The van der Waals surface area contributed by atoms with E-state index in [-0.39, 0.29) is 31.1 Å². The zero-order chi connectivity index (χ0) is 17.5. The van der Waals surface area contributed by atoms with E-state index in [9.17, 15) is 14.7 Å². The first-order chi connectivity index (χ1) is 11.3. The van der Waals surface area contributed by atoms with Gasteiger partial charge in [0, 0.05) is 18.7 Å². The molecule has 0 aliphatic carbocycles. The Labute approximate surface area is 142 Å². The predicted molar refractivity (Wildman–Crippen MR) is 87.1 cm³/mol. The average molecular weight is 335 g/mol. The van der Waals surface area contributed by atoms with Crippen molar-refractivity contribution in [3.8, 4) is 0 Å². The molecule has 6 heteroatoms. The highest BCUT2D eigenvalue weighted by Gasteiger charge is 2.45. The number of aliphatic hydroxyl groups is 1. The van der Waals surface area contributed by atoms with Gasteiger partial charge in [0.2, 0.25) is 0 Å². The van der Waals surface area contributed by atoms with Gasteiger partial charge in [-0.1, -0.05) is 19.1 Å². The Morgan fingerprint density at radius 1 is 1.42 bits per heavy atom. The van der Waals surface area contributed by atoms with Crippen LogP contribution < -0.4 is 0 Å². The highest BCUT2D eigenvalue weighted by atomic mass is 16.6. The molecule has 1 unspecified atom stereocenters. The van der Waals surface area contributed by atoms with Crippen molar-refractivity contribution < 1.29 is 24.2 Å². The molecular weight excluding hydrogens is 310 g/mol. The van der Waals surface area contributed by atoms with E-state index in [2.05, 4.69) is 4.90 Å². The van der Waals surface area contributed by atoms with Gasteiger partial charge in [0.05, 0.1) is 6.04 Å². The zero-order valence-electron chi connectivity index (χ0n) is 14.4. The normalized spacial score (nSPS) is 39.6. The number of ether oxygens (including phenoxy) is 2. The molecular formula is C18H25NO5. The Bertz CT molecular complexity index is 607. The minimum Gasteiger partial charge on any atom is -0.459 e. The van der Waals surface area contributed by atoms with Crippen molar-refractivity contribution in [2.45, 2.75) is 51.4 Å². The summed E-state index contributed by atoms with van der Waals surface area (Å²) in [6.07, 6.45) is 4.56. The van der Waals surface area contributed by atoms with Crippen LogP contribution in [-0.4, -0.2) is 59.4 Å². The third-order valence-electron chi connectivity index (χ3n) is 5.55. The Balaban J connectivity index is 1.91. The summed E-state index contributed by atoms with van der Waals surface area (Å²) in [7, 11) is 0. The lowest BCUT2D eigenvalue weighted by Crippen LogP contribution is -2.45. The van der Waals surface area contributed by atoms with Crippen molar-refractivity contribution in [1.29, 1.82) is 0 Å². The molecule has 0 saturated carbocycles. The fraction of sp³-hybridized carbons (Fsp3) is 0.667. The van der Waals surface area contributed by atoms with E-state index in [1.807, 2.05) is 6.08 Å². The average Bonchev–Trinajstić information content (AvgIpc) is 3.12. The van der Waals surface area contributed by atoms with E-state index in [4.69, 9.17) is 9.47 Å². The van der Waals surface area contributed by atoms with Gasteiger partial charge in [0.15, 0.2) is 5.60 Å². The number of carbonyl (C=O) groups excluding carboxylic acids is 2. The zero-order valence-corrected chi connectivity index (χ0v) is 14.4. The molecule has 0 spiro atoms. The van der Waals surface area contributed by atoms with Crippen LogP contribution in [0, 0.1) is 5.92 Å². The molecule has 0 bridgehead atoms. The van der Waals surface area contributed by atoms with Gasteiger partial charge in [-0.25, -0.2) is 9.59 Å². The van der Waals surface area contributed by atoms with Crippen LogP contribution >= 0.6 is 0 Å². The molecule has 3 aliphatic heterocycles. The fourth-order valence-corrected chi connectivity index (χ4v) is 3.68. The molecule has 0 aromatic carbocycles. The molecule has 132 valence electrons. The van der Waals surface area contributed by atoms with Crippen molar-refractivity contribution in [1.82, 2.24) is 4.90 Å². The molecule has 6 nitrogen and oxygen atoms in total. The number of allylic oxidation sites excluding steroid dienone is 1. The third kappa shape index (κ3) is 2.89. The van der Waals surface area contributed by atoms with Crippen molar-refractivity contribution in [2.75, 3.05) is 19.7 Å². The van der Waals surface area contributed by atoms with Crippen LogP contribution in [-0.2, 0) is 19.1 Å². The second kappa shape index (κ2) is 6.33. The van der Waals surface area contributed by atoms with Gasteiger partial charge < -0.3 is 14.6 Å². The van der Waals surface area contributed by atoms with Gasteiger partial charge in [-0.15, -0.1) is 0 Å². The molecule has 0 aromatic rings. The molecule has 2 fully saturated rings. The number of esters is 2. The Morgan fingerprint density at radius 2 is 2.17 bits per heavy atom. The first-order valence-corrected chi connectivity index (χ1v) is 8.53. The van der Waals surface area contributed by atoms with Crippen LogP contribution in [0.5, 0.6) is 0 Å². The SMILES string of the molecule is C/C=C1/CC(C)[C@](C)(O)C(=O)OCC2=CCN3CC[C@H](OC1=O)[C@H]23. The number of rotatable bonds is 0. The summed E-state index contributed by atoms with van der Waals surface area (Å²) < 4.78 is 11.2. The van der Waals surface area contributed by atoms with Crippen LogP contribution in [0.3, 0.4) is 0 Å². The van der Waals surface area contributed by atoms with Crippen molar-refractivity contribution in [3.05, 3.63) is 23.3 Å². The second-order valence-corrected chi connectivity index (χ2v) is 7.09. The number of hydrogen-bond acceptors (Lipinski definition) is 6. The summed E-state index contributed by atoms with van der Waals surface area (Å²) in [5, 5.41) is 10.6. The van der Waals surface area contributed by atoms with Gasteiger partial charge >= 0.3 is 11.9 Å². The van der Waals surface area contributed by atoms with Crippen molar-refractivity contribution >= 4 is 11.9 Å². The highest BCUT2D eigenvalue weighted by Crippen LogP contribution is 2.34.